The number of carbonyl (C=O) groups is 2. The third-order valence-electron chi connectivity index (χ3n) is 3.06. The summed E-state index contributed by atoms with van der Waals surface area (Å²) >= 11 is 0. The van der Waals surface area contributed by atoms with E-state index in [0.717, 1.165) is 30.3 Å². The first-order chi connectivity index (χ1) is 12.1. The van der Waals surface area contributed by atoms with E-state index in [9.17, 15) is 32.9 Å². The molecule has 0 heterocycles. The number of nitrogens with one attached hydrogen (secondary N) is 1. The van der Waals surface area contributed by atoms with E-state index in [4.69, 9.17) is 5.11 Å². The van der Waals surface area contributed by atoms with Crippen molar-refractivity contribution in [3.8, 4) is 5.75 Å². The Bertz CT molecular complexity index is 882. The number of para-hydroxylation sites is 2. The molecule has 0 aromatic heterocycles. The molecule has 8 nitrogen and oxygen atoms in total. The Hall–Kier alpha value is -3.63. The lowest BCUT2D eigenvalue weighted by molar-refractivity contribution is -0.385. The summed E-state index contributed by atoms with van der Waals surface area (Å²) in [6, 6.07) is 7.54. The Morgan fingerprint density at radius 1 is 1.12 bits per heavy atom. The molecule has 0 fully saturated rings. The molecule has 2 rings (SSSR count). The van der Waals surface area contributed by atoms with E-state index in [1.54, 1.807) is 0 Å². The number of halogens is 3. The van der Waals surface area contributed by atoms with Crippen LogP contribution in [-0.4, -0.2) is 28.3 Å². The number of nitrogens with zero attached hydrogens (tertiary/aromatic N) is 1. The largest absolute Gasteiger partial charge is 0.573 e. The van der Waals surface area contributed by atoms with Gasteiger partial charge in [0.15, 0.2) is 5.75 Å². The number of rotatable bonds is 5. The van der Waals surface area contributed by atoms with E-state index in [1.807, 2.05) is 0 Å². The van der Waals surface area contributed by atoms with Crippen LogP contribution in [0.1, 0.15) is 20.7 Å². The highest BCUT2D eigenvalue weighted by Gasteiger charge is 2.33. The van der Waals surface area contributed by atoms with Gasteiger partial charge < -0.3 is 15.2 Å². The number of hydrogen-bond donors (Lipinski definition) is 2. The zero-order chi connectivity index (χ0) is 19.5. The van der Waals surface area contributed by atoms with E-state index in [-0.39, 0.29) is 0 Å². The predicted molar refractivity (Wildman–Crippen MR) is 81.1 cm³/mol. The number of carboxylic acid groups (broad SMARTS) is 1. The van der Waals surface area contributed by atoms with Gasteiger partial charge >= 0.3 is 12.3 Å². The van der Waals surface area contributed by atoms with Crippen LogP contribution in [0.2, 0.25) is 0 Å². The second-order valence-electron chi connectivity index (χ2n) is 4.76. The lowest BCUT2D eigenvalue weighted by Gasteiger charge is -2.14. The zero-order valence-electron chi connectivity index (χ0n) is 12.6. The summed E-state index contributed by atoms with van der Waals surface area (Å²) in [5.41, 5.74) is -2.69. The number of benzene rings is 2. The van der Waals surface area contributed by atoms with Gasteiger partial charge in [0.05, 0.1) is 16.2 Å². The summed E-state index contributed by atoms with van der Waals surface area (Å²) < 4.78 is 41.0. The number of carbonyl (C=O) groups excluding carboxylic acids is 1. The lowest BCUT2D eigenvalue weighted by Crippen LogP contribution is -2.21. The van der Waals surface area contributed by atoms with Crippen molar-refractivity contribution in [1.29, 1.82) is 0 Å². The van der Waals surface area contributed by atoms with E-state index in [2.05, 4.69) is 10.1 Å². The van der Waals surface area contributed by atoms with Crippen LogP contribution in [0.3, 0.4) is 0 Å². The molecule has 11 heteroatoms. The molecule has 0 unspecified atom stereocenters. The van der Waals surface area contributed by atoms with Crippen LogP contribution >= 0.6 is 0 Å². The van der Waals surface area contributed by atoms with Crippen molar-refractivity contribution in [2.24, 2.45) is 0 Å². The molecule has 0 radical (unpaired) electrons. The van der Waals surface area contributed by atoms with E-state index in [0.29, 0.717) is 0 Å². The van der Waals surface area contributed by atoms with Gasteiger partial charge in [0.1, 0.15) is 5.56 Å². The average molecular weight is 370 g/mol. The smallest absolute Gasteiger partial charge is 0.477 e. The average Bonchev–Trinajstić information content (AvgIpc) is 2.54. The molecule has 0 aliphatic heterocycles. The summed E-state index contributed by atoms with van der Waals surface area (Å²) in [6.45, 7) is 0. The fourth-order valence-electron chi connectivity index (χ4n) is 2.08. The molecule has 0 atom stereocenters. The maximum Gasteiger partial charge on any atom is 0.573 e. The number of aromatic carboxylic acids is 1. The Labute approximate surface area is 143 Å². The monoisotopic (exact) mass is 370 g/mol. The number of amides is 1. The van der Waals surface area contributed by atoms with Crippen molar-refractivity contribution < 1.29 is 37.5 Å². The van der Waals surface area contributed by atoms with Gasteiger partial charge in [0.25, 0.3) is 11.6 Å². The number of nitro groups is 1. The van der Waals surface area contributed by atoms with Crippen LogP contribution in [-0.2, 0) is 0 Å². The standard InChI is InChI=1S/C15H9F3N2O6/c16-15(17,18)26-11-7-2-1-5-9(11)19-13(21)8-4-3-6-10(20(24)25)12(8)14(22)23/h1-7H,(H,19,21)(H,22,23). The van der Waals surface area contributed by atoms with Crippen LogP contribution in [0.15, 0.2) is 42.5 Å². The number of alkyl halides is 3. The van der Waals surface area contributed by atoms with Gasteiger partial charge in [-0.2, -0.15) is 0 Å². The van der Waals surface area contributed by atoms with E-state index < -0.39 is 51.4 Å². The van der Waals surface area contributed by atoms with Crippen molar-refractivity contribution in [3.05, 3.63) is 63.7 Å². The highest BCUT2D eigenvalue weighted by atomic mass is 19.4. The molecule has 136 valence electrons. The molecule has 2 aromatic rings. The van der Waals surface area contributed by atoms with Crippen LogP contribution in [0.25, 0.3) is 0 Å². The third kappa shape index (κ3) is 4.26. The molecule has 0 bridgehead atoms. The van der Waals surface area contributed by atoms with E-state index >= 15 is 0 Å². The maximum absolute atomic E-state index is 12.4. The first-order valence-corrected chi connectivity index (χ1v) is 6.77. The predicted octanol–water partition coefficient (Wildman–Crippen LogP) is 3.44. The molecule has 0 aliphatic carbocycles. The zero-order valence-corrected chi connectivity index (χ0v) is 12.6. The van der Waals surface area contributed by atoms with Gasteiger partial charge in [-0.1, -0.05) is 18.2 Å². The molecule has 2 aromatic carbocycles. The topological polar surface area (TPSA) is 119 Å². The Morgan fingerprint density at radius 2 is 1.77 bits per heavy atom. The number of ether oxygens (including phenoxy) is 1. The van der Waals surface area contributed by atoms with Crippen LogP contribution in [0.4, 0.5) is 24.5 Å². The molecule has 0 spiro atoms. The van der Waals surface area contributed by atoms with Gasteiger partial charge in [0, 0.05) is 6.07 Å². The van der Waals surface area contributed by atoms with Crippen molar-refractivity contribution in [2.75, 3.05) is 5.32 Å². The minimum atomic E-state index is -5.02. The Kier molecular flexibility index (Phi) is 5.10. The summed E-state index contributed by atoms with van der Waals surface area (Å²) in [5, 5.41) is 22.2. The summed E-state index contributed by atoms with van der Waals surface area (Å²) in [7, 11) is 0. The summed E-state index contributed by atoms with van der Waals surface area (Å²) in [5.74, 6) is -3.61. The van der Waals surface area contributed by atoms with Crippen molar-refractivity contribution in [2.45, 2.75) is 6.36 Å². The molecule has 2 N–H and O–H groups in total. The van der Waals surface area contributed by atoms with Crippen LogP contribution in [0.5, 0.6) is 5.75 Å². The van der Waals surface area contributed by atoms with Gasteiger partial charge in [-0.3, -0.25) is 14.9 Å². The number of nitro benzene ring substituents is 1. The van der Waals surface area contributed by atoms with Crippen LogP contribution < -0.4 is 10.1 Å². The second-order valence-corrected chi connectivity index (χ2v) is 4.76. The van der Waals surface area contributed by atoms with Crippen molar-refractivity contribution in [3.63, 3.8) is 0 Å². The molecule has 0 saturated carbocycles. The molecular weight excluding hydrogens is 361 g/mol. The third-order valence-corrected chi connectivity index (χ3v) is 3.06. The first kappa shape index (κ1) is 18.7. The highest BCUT2D eigenvalue weighted by molar-refractivity contribution is 6.12. The second kappa shape index (κ2) is 7.09. The molecule has 1 amide bonds. The fourth-order valence-corrected chi connectivity index (χ4v) is 2.08. The van der Waals surface area contributed by atoms with Gasteiger partial charge in [0.2, 0.25) is 0 Å². The SMILES string of the molecule is O=C(Nc1ccccc1OC(F)(F)F)c1cccc([N+](=O)[O-])c1C(=O)O. The van der Waals surface area contributed by atoms with Crippen LogP contribution in [0, 0.1) is 10.1 Å². The highest BCUT2D eigenvalue weighted by Crippen LogP contribution is 2.31. The normalized spacial score (nSPS) is 10.9. The number of hydrogen-bond acceptors (Lipinski definition) is 5. The van der Waals surface area contributed by atoms with Gasteiger partial charge in [-0.05, 0) is 18.2 Å². The molecule has 0 saturated heterocycles. The van der Waals surface area contributed by atoms with Crippen molar-refractivity contribution >= 4 is 23.3 Å². The Morgan fingerprint density at radius 3 is 2.35 bits per heavy atom. The van der Waals surface area contributed by atoms with Gasteiger partial charge in [-0.25, -0.2) is 4.79 Å². The quantitative estimate of drug-likeness (QED) is 0.615. The summed E-state index contributed by atoms with van der Waals surface area (Å²) in [6.07, 6.45) is -5.02. The maximum atomic E-state index is 12.4. The molecular formula is C15H9F3N2O6. The number of anilines is 1. The minimum Gasteiger partial charge on any atom is -0.477 e. The fraction of sp³-hybridized carbons (Fsp3) is 0.0667. The van der Waals surface area contributed by atoms with E-state index in [1.165, 1.54) is 12.1 Å². The minimum absolute atomic E-state index is 0.391. The lowest BCUT2D eigenvalue weighted by atomic mass is 10.0. The Balaban J connectivity index is 2.42. The number of carboxylic acids is 1. The summed E-state index contributed by atoms with van der Waals surface area (Å²) in [4.78, 5) is 33.5. The first-order valence-electron chi connectivity index (χ1n) is 6.77. The van der Waals surface area contributed by atoms with Gasteiger partial charge in [-0.15, -0.1) is 13.2 Å². The molecule has 0 aliphatic rings. The van der Waals surface area contributed by atoms with Crippen molar-refractivity contribution in [1.82, 2.24) is 0 Å². The molecule has 26 heavy (non-hydrogen) atoms.